The fraction of sp³-hybridized carbons (Fsp3) is 0.286. The van der Waals surface area contributed by atoms with Crippen LogP contribution < -0.4 is 10.6 Å². The second-order valence-electron chi connectivity index (χ2n) is 7.75. The number of fused-ring (bicyclic) bond motifs is 1. The van der Waals surface area contributed by atoms with Gasteiger partial charge < -0.3 is 10.6 Å². The van der Waals surface area contributed by atoms with Crippen LogP contribution in [0.1, 0.15) is 38.3 Å². The number of allylic oxidation sites excluding steroid dienone is 1. The van der Waals surface area contributed by atoms with Crippen LogP contribution >= 0.6 is 0 Å². The van der Waals surface area contributed by atoms with Gasteiger partial charge in [-0.1, -0.05) is 32.0 Å². The summed E-state index contributed by atoms with van der Waals surface area (Å²) in [5.41, 5.74) is 3.05. The summed E-state index contributed by atoms with van der Waals surface area (Å²) in [6.07, 6.45) is 1.08. The zero-order chi connectivity index (χ0) is 18.5. The molecule has 1 aliphatic carbocycles. The molecule has 0 unspecified atom stereocenters. The van der Waals surface area contributed by atoms with Crippen molar-refractivity contribution >= 4 is 17.2 Å². The number of rotatable bonds is 1. The molecule has 0 saturated carbocycles. The first-order valence-corrected chi connectivity index (χ1v) is 8.68. The molecule has 3 nitrogen and oxygen atoms in total. The summed E-state index contributed by atoms with van der Waals surface area (Å²) in [6, 6.07) is 10.4. The molecule has 2 aromatic carbocycles. The number of anilines is 2. The number of ketones is 1. The molecule has 2 aliphatic rings. The molecular formula is C21H20F2N2O. The van der Waals surface area contributed by atoms with E-state index < -0.39 is 17.7 Å². The molecule has 0 aromatic heterocycles. The van der Waals surface area contributed by atoms with Gasteiger partial charge in [0.2, 0.25) is 0 Å². The summed E-state index contributed by atoms with van der Waals surface area (Å²) in [6.45, 7) is 4.10. The summed E-state index contributed by atoms with van der Waals surface area (Å²) in [5.74, 6) is -1.31. The van der Waals surface area contributed by atoms with E-state index in [1.807, 2.05) is 38.1 Å². The minimum absolute atomic E-state index is 0.0159. The van der Waals surface area contributed by atoms with Gasteiger partial charge in [-0.05, 0) is 30.0 Å². The van der Waals surface area contributed by atoms with Gasteiger partial charge in [-0.2, -0.15) is 0 Å². The van der Waals surface area contributed by atoms with Gasteiger partial charge in [0.05, 0.1) is 17.4 Å². The van der Waals surface area contributed by atoms with Crippen LogP contribution in [0.25, 0.3) is 0 Å². The lowest BCUT2D eigenvalue weighted by atomic mass is 9.73. The van der Waals surface area contributed by atoms with E-state index in [4.69, 9.17) is 0 Å². The van der Waals surface area contributed by atoms with Gasteiger partial charge in [0.1, 0.15) is 11.6 Å². The molecule has 2 N–H and O–H groups in total. The lowest BCUT2D eigenvalue weighted by molar-refractivity contribution is -0.118. The fourth-order valence-electron chi connectivity index (χ4n) is 3.86. The van der Waals surface area contributed by atoms with Crippen molar-refractivity contribution in [1.29, 1.82) is 0 Å². The van der Waals surface area contributed by atoms with E-state index in [9.17, 15) is 13.6 Å². The summed E-state index contributed by atoms with van der Waals surface area (Å²) in [7, 11) is 0. The standard InChI is InChI=1S/C21H20F2N2O/c1-21(2)10-17-19(18(26)11-21)20(13-8-7-12(22)9-14(13)23)25-16-6-4-3-5-15(16)24-17/h3-9,20,24-25H,10-11H2,1-2H3/t20-/m0/s1. The summed E-state index contributed by atoms with van der Waals surface area (Å²) in [5, 5.41) is 6.67. The van der Waals surface area contributed by atoms with Crippen LogP contribution in [-0.2, 0) is 4.79 Å². The molecule has 2 aromatic rings. The van der Waals surface area contributed by atoms with Crippen molar-refractivity contribution in [2.45, 2.75) is 32.7 Å². The highest BCUT2D eigenvalue weighted by Crippen LogP contribution is 2.45. The fourth-order valence-corrected chi connectivity index (χ4v) is 3.86. The lowest BCUT2D eigenvalue weighted by Crippen LogP contribution is -2.31. The number of carbonyl (C=O) groups excluding carboxylic acids is 1. The third-order valence-electron chi connectivity index (χ3n) is 4.99. The second-order valence-corrected chi connectivity index (χ2v) is 7.75. The van der Waals surface area contributed by atoms with Crippen molar-refractivity contribution in [3.63, 3.8) is 0 Å². The van der Waals surface area contributed by atoms with Crippen LogP contribution in [0, 0.1) is 17.0 Å². The van der Waals surface area contributed by atoms with Gasteiger partial charge in [0, 0.05) is 29.3 Å². The molecule has 1 atom stereocenters. The van der Waals surface area contributed by atoms with Gasteiger partial charge in [-0.3, -0.25) is 4.79 Å². The number of halogens is 2. The number of carbonyl (C=O) groups is 1. The number of Topliss-reactive ketones (excluding diaryl/α,β-unsaturated/α-hetero) is 1. The molecule has 134 valence electrons. The number of nitrogens with one attached hydrogen (secondary N) is 2. The van der Waals surface area contributed by atoms with Crippen LogP contribution in [0.15, 0.2) is 53.7 Å². The molecule has 1 heterocycles. The molecule has 5 heteroatoms. The van der Waals surface area contributed by atoms with E-state index in [1.165, 1.54) is 12.1 Å². The van der Waals surface area contributed by atoms with Crippen molar-refractivity contribution in [3.8, 4) is 0 Å². The van der Waals surface area contributed by atoms with Crippen molar-refractivity contribution in [2.75, 3.05) is 10.6 Å². The first-order valence-electron chi connectivity index (χ1n) is 8.68. The quantitative estimate of drug-likeness (QED) is 0.741. The Kier molecular flexibility index (Phi) is 3.83. The highest BCUT2D eigenvalue weighted by Gasteiger charge is 2.39. The normalized spacial score (nSPS) is 21.2. The molecule has 0 bridgehead atoms. The lowest BCUT2D eigenvalue weighted by Gasteiger charge is -2.34. The summed E-state index contributed by atoms with van der Waals surface area (Å²) >= 11 is 0. The average molecular weight is 354 g/mol. The molecule has 26 heavy (non-hydrogen) atoms. The summed E-state index contributed by atoms with van der Waals surface area (Å²) < 4.78 is 27.9. The zero-order valence-electron chi connectivity index (χ0n) is 14.7. The molecule has 0 fully saturated rings. The smallest absolute Gasteiger partial charge is 0.163 e. The molecule has 0 spiro atoms. The Morgan fingerprint density at radius 2 is 1.77 bits per heavy atom. The zero-order valence-corrected chi connectivity index (χ0v) is 14.7. The maximum Gasteiger partial charge on any atom is 0.163 e. The average Bonchev–Trinajstić information content (AvgIpc) is 2.69. The maximum atomic E-state index is 14.5. The van der Waals surface area contributed by atoms with Crippen LogP contribution in [0.5, 0.6) is 0 Å². The van der Waals surface area contributed by atoms with Gasteiger partial charge in [0.25, 0.3) is 0 Å². The van der Waals surface area contributed by atoms with Crippen LogP contribution in [-0.4, -0.2) is 5.78 Å². The van der Waals surface area contributed by atoms with Gasteiger partial charge >= 0.3 is 0 Å². The number of para-hydroxylation sites is 2. The predicted molar refractivity (Wildman–Crippen MR) is 97.8 cm³/mol. The number of hydrogen-bond donors (Lipinski definition) is 2. The van der Waals surface area contributed by atoms with Crippen molar-refractivity contribution < 1.29 is 13.6 Å². The van der Waals surface area contributed by atoms with E-state index in [1.54, 1.807) is 0 Å². The Morgan fingerprint density at radius 1 is 1.04 bits per heavy atom. The van der Waals surface area contributed by atoms with E-state index in [0.717, 1.165) is 23.1 Å². The second kappa shape index (κ2) is 5.94. The topological polar surface area (TPSA) is 41.1 Å². The van der Waals surface area contributed by atoms with Crippen LogP contribution in [0.3, 0.4) is 0 Å². The summed E-state index contributed by atoms with van der Waals surface area (Å²) in [4.78, 5) is 13.0. The molecule has 4 rings (SSSR count). The monoisotopic (exact) mass is 354 g/mol. The van der Waals surface area contributed by atoms with E-state index in [-0.39, 0.29) is 16.8 Å². The van der Waals surface area contributed by atoms with Gasteiger partial charge in [-0.15, -0.1) is 0 Å². The Balaban J connectivity index is 1.91. The molecule has 1 aliphatic heterocycles. The number of hydrogen-bond acceptors (Lipinski definition) is 3. The first kappa shape index (κ1) is 16.8. The Bertz CT molecular complexity index is 933. The molecule has 0 saturated heterocycles. The Labute approximate surface area is 151 Å². The predicted octanol–water partition coefficient (Wildman–Crippen LogP) is 5.19. The largest absolute Gasteiger partial charge is 0.372 e. The first-order chi connectivity index (χ1) is 12.3. The third-order valence-corrected chi connectivity index (χ3v) is 4.99. The van der Waals surface area contributed by atoms with E-state index in [2.05, 4.69) is 10.6 Å². The van der Waals surface area contributed by atoms with Gasteiger partial charge in [-0.25, -0.2) is 8.78 Å². The number of benzene rings is 2. The minimum Gasteiger partial charge on any atom is -0.372 e. The van der Waals surface area contributed by atoms with Crippen molar-refractivity contribution in [1.82, 2.24) is 0 Å². The molecule has 0 amide bonds. The maximum absolute atomic E-state index is 14.5. The van der Waals surface area contributed by atoms with Crippen LogP contribution in [0.2, 0.25) is 0 Å². The Hall–Kier alpha value is -2.69. The van der Waals surface area contributed by atoms with E-state index >= 15 is 0 Å². The van der Waals surface area contributed by atoms with Crippen molar-refractivity contribution in [2.24, 2.45) is 5.41 Å². The third kappa shape index (κ3) is 2.87. The highest BCUT2D eigenvalue weighted by atomic mass is 19.1. The van der Waals surface area contributed by atoms with E-state index in [0.29, 0.717) is 18.4 Å². The highest BCUT2D eigenvalue weighted by molar-refractivity contribution is 6.01. The van der Waals surface area contributed by atoms with Gasteiger partial charge in [0.15, 0.2) is 5.78 Å². The van der Waals surface area contributed by atoms with Crippen molar-refractivity contribution in [3.05, 3.63) is 70.9 Å². The Morgan fingerprint density at radius 3 is 2.50 bits per heavy atom. The minimum atomic E-state index is -0.662. The SMILES string of the molecule is CC1(C)CC(=O)C2=C(C1)Nc1ccccc1N[C@H]2c1ccc(F)cc1F. The molecule has 0 radical (unpaired) electrons. The van der Waals surface area contributed by atoms with Crippen LogP contribution in [0.4, 0.5) is 20.2 Å². The molecular weight excluding hydrogens is 334 g/mol.